The molecule has 1 rings (SSSR count). The van der Waals surface area contributed by atoms with Gasteiger partial charge in [-0.15, -0.1) is 12.4 Å². The van der Waals surface area contributed by atoms with E-state index in [-0.39, 0.29) is 24.9 Å². The molecule has 90 valence electrons. The van der Waals surface area contributed by atoms with E-state index in [0.29, 0.717) is 5.56 Å². The number of halogens is 3. The van der Waals surface area contributed by atoms with E-state index in [1.165, 1.54) is 6.07 Å². The summed E-state index contributed by atoms with van der Waals surface area (Å²) in [7, 11) is 0. The minimum atomic E-state index is -0.928. The Morgan fingerprint density at radius 1 is 1.44 bits per heavy atom. The maximum absolute atomic E-state index is 12.7. The molecule has 3 N–H and O–H groups in total. The monoisotopic (exact) mass is 250 g/mol. The summed E-state index contributed by atoms with van der Waals surface area (Å²) in [4.78, 5) is 11.1. The minimum absolute atomic E-state index is 0. The third-order valence-corrected chi connectivity index (χ3v) is 1.86. The van der Waals surface area contributed by atoms with Gasteiger partial charge in [-0.1, -0.05) is 6.07 Å². The topological polar surface area (TPSA) is 55.1 Å². The Labute approximate surface area is 98.4 Å². The van der Waals surface area contributed by atoms with Crippen molar-refractivity contribution in [3.05, 3.63) is 35.4 Å². The molecule has 0 unspecified atom stereocenters. The number of rotatable bonds is 3. The van der Waals surface area contributed by atoms with Crippen molar-refractivity contribution in [1.82, 2.24) is 5.32 Å². The number of benzene rings is 1. The van der Waals surface area contributed by atoms with E-state index in [2.05, 4.69) is 5.32 Å². The lowest BCUT2D eigenvalue weighted by Gasteiger charge is -2.07. The minimum Gasteiger partial charge on any atom is -0.351 e. The van der Waals surface area contributed by atoms with Crippen molar-refractivity contribution in [3.8, 4) is 0 Å². The molecule has 0 bridgehead atoms. The van der Waals surface area contributed by atoms with Crippen molar-refractivity contribution >= 4 is 18.3 Å². The van der Waals surface area contributed by atoms with Crippen LogP contribution in [0.3, 0.4) is 0 Å². The zero-order valence-corrected chi connectivity index (χ0v) is 9.48. The van der Waals surface area contributed by atoms with Crippen LogP contribution in [0.5, 0.6) is 0 Å². The van der Waals surface area contributed by atoms with Crippen molar-refractivity contribution in [1.29, 1.82) is 0 Å². The maximum atomic E-state index is 12.7. The van der Waals surface area contributed by atoms with Crippen LogP contribution in [0.2, 0.25) is 0 Å². The van der Waals surface area contributed by atoms with Crippen molar-refractivity contribution in [2.45, 2.75) is 19.5 Å². The number of carbonyl (C=O) groups excluding carboxylic acids is 1. The van der Waals surface area contributed by atoms with Gasteiger partial charge in [0, 0.05) is 6.54 Å². The molecule has 16 heavy (non-hydrogen) atoms. The van der Waals surface area contributed by atoms with Crippen LogP contribution in [-0.2, 0) is 11.3 Å². The van der Waals surface area contributed by atoms with Crippen LogP contribution >= 0.6 is 12.4 Å². The predicted molar refractivity (Wildman–Crippen MR) is 59.1 cm³/mol. The molecule has 1 amide bonds. The van der Waals surface area contributed by atoms with Crippen LogP contribution < -0.4 is 11.1 Å². The standard InChI is InChI=1S/C10H12F2N2O.ClH/c1-6(13)10(15)14-5-7-2-3-8(11)9(12)4-7;/h2-4,6H,5,13H2,1H3,(H,14,15);1H/t6-;/m0./s1. The van der Waals surface area contributed by atoms with Crippen molar-refractivity contribution < 1.29 is 13.6 Å². The fourth-order valence-corrected chi connectivity index (χ4v) is 1.000. The smallest absolute Gasteiger partial charge is 0.236 e. The van der Waals surface area contributed by atoms with Crippen molar-refractivity contribution in [3.63, 3.8) is 0 Å². The zero-order chi connectivity index (χ0) is 11.4. The molecule has 0 fully saturated rings. The molecule has 0 aliphatic heterocycles. The van der Waals surface area contributed by atoms with Gasteiger partial charge in [0.05, 0.1) is 6.04 Å². The highest BCUT2D eigenvalue weighted by Crippen LogP contribution is 2.08. The van der Waals surface area contributed by atoms with Gasteiger partial charge in [-0.2, -0.15) is 0 Å². The lowest BCUT2D eigenvalue weighted by molar-refractivity contribution is -0.122. The second-order valence-electron chi connectivity index (χ2n) is 3.25. The van der Waals surface area contributed by atoms with E-state index in [1.54, 1.807) is 6.92 Å². The van der Waals surface area contributed by atoms with E-state index in [4.69, 9.17) is 5.73 Å². The molecule has 0 aliphatic rings. The Bertz CT molecular complexity index is 372. The van der Waals surface area contributed by atoms with Crippen LogP contribution in [0.15, 0.2) is 18.2 Å². The second kappa shape index (κ2) is 6.40. The van der Waals surface area contributed by atoms with Gasteiger partial charge >= 0.3 is 0 Å². The summed E-state index contributed by atoms with van der Waals surface area (Å²) in [6, 6.07) is 2.84. The molecule has 0 aromatic heterocycles. The van der Waals surface area contributed by atoms with Gasteiger partial charge in [0.25, 0.3) is 0 Å². The molecule has 0 aliphatic carbocycles. The second-order valence-corrected chi connectivity index (χ2v) is 3.25. The zero-order valence-electron chi connectivity index (χ0n) is 8.67. The molecule has 1 aromatic carbocycles. The first-order chi connectivity index (χ1) is 7.00. The van der Waals surface area contributed by atoms with E-state index >= 15 is 0 Å². The molecule has 1 aromatic rings. The average molecular weight is 251 g/mol. The number of nitrogens with two attached hydrogens (primary N) is 1. The number of nitrogens with one attached hydrogen (secondary N) is 1. The summed E-state index contributed by atoms with van der Waals surface area (Å²) in [5.74, 6) is -2.17. The first-order valence-corrected chi connectivity index (χ1v) is 4.48. The van der Waals surface area contributed by atoms with Crippen molar-refractivity contribution in [2.24, 2.45) is 5.73 Å². The van der Waals surface area contributed by atoms with Gasteiger partial charge in [0.15, 0.2) is 11.6 Å². The van der Waals surface area contributed by atoms with Crippen LogP contribution in [0, 0.1) is 11.6 Å². The largest absolute Gasteiger partial charge is 0.351 e. The molecule has 6 heteroatoms. The maximum Gasteiger partial charge on any atom is 0.236 e. The Balaban J connectivity index is 0.00000225. The van der Waals surface area contributed by atoms with Gasteiger partial charge in [0.2, 0.25) is 5.91 Å². The molecular formula is C10H13ClF2N2O. The van der Waals surface area contributed by atoms with Crippen LogP contribution in [0.1, 0.15) is 12.5 Å². The molecule has 0 heterocycles. The molecule has 0 saturated heterocycles. The van der Waals surface area contributed by atoms with Gasteiger partial charge in [-0.3, -0.25) is 4.79 Å². The van der Waals surface area contributed by atoms with Crippen LogP contribution in [-0.4, -0.2) is 11.9 Å². The molecule has 1 atom stereocenters. The summed E-state index contributed by atoms with van der Waals surface area (Å²) in [5.41, 5.74) is 5.80. The number of carbonyl (C=O) groups is 1. The fourth-order valence-electron chi connectivity index (χ4n) is 1.000. The summed E-state index contributed by atoms with van der Waals surface area (Å²) in [6.45, 7) is 1.68. The first-order valence-electron chi connectivity index (χ1n) is 4.48. The Morgan fingerprint density at radius 3 is 2.56 bits per heavy atom. The number of amides is 1. The highest BCUT2D eigenvalue weighted by Gasteiger charge is 2.07. The summed E-state index contributed by atoms with van der Waals surface area (Å²) < 4.78 is 25.3. The lowest BCUT2D eigenvalue weighted by Crippen LogP contribution is -2.37. The third-order valence-electron chi connectivity index (χ3n) is 1.86. The summed E-state index contributed by atoms with van der Waals surface area (Å²) >= 11 is 0. The first kappa shape index (κ1) is 14.8. The number of hydrogen-bond acceptors (Lipinski definition) is 2. The van der Waals surface area contributed by atoms with Gasteiger partial charge in [-0.25, -0.2) is 8.78 Å². The molecule has 0 spiro atoms. The van der Waals surface area contributed by atoms with Crippen LogP contribution in [0.25, 0.3) is 0 Å². The van der Waals surface area contributed by atoms with E-state index < -0.39 is 17.7 Å². The molecular weight excluding hydrogens is 238 g/mol. The highest BCUT2D eigenvalue weighted by molar-refractivity contribution is 5.85. The predicted octanol–water partition coefficient (Wildman–Crippen LogP) is 1.35. The van der Waals surface area contributed by atoms with Gasteiger partial charge in [0.1, 0.15) is 0 Å². The molecule has 0 radical (unpaired) electrons. The van der Waals surface area contributed by atoms with E-state index in [9.17, 15) is 13.6 Å². The Hall–Kier alpha value is -1.20. The SMILES string of the molecule is C[C@H](N)C(=O)NCc1ccc(F)c(F)c1.Cl. The van der Waals surface area contributed by atoms with Gasteiger partial charge < -0.3 is 11.1 Å². The lowest BCUT2D eigenvalue weighted by atomic mass is 10.2. The highest BCUT2D eigenvalue weighted by atomic mass is 35.5. The van der Waals surface area contributed by atoms with Crippen LogP contribution in [0.4, 0.5) is 8.78 Å². The van der Waals surface area contributed by atoms with Gasteiger partial charge in [-0.05, 0) is 24.6 Å². The summed E-state index contributed by atoms with van der Waals surface area (Å²) in [6.07, 6.45) is 0. The normalized spacial score (nSPS) is 11.5. The quantitative estimate of drug-likeness (QED) is 0.851. The third kappa shape index (κ3) is 4.12. The number of hydrogen-bond donors (Lipinski definition) is 2. The van der Waals surface area contributed by atoms with E-state index in [0.717, 1.165) is 12.1 Å². The Kier molecular flexibility index (Phi) is 5.92. The van der Waals surface area contributed by atoms with E-state index in [1.807, 2.05) is 0 Å². The molecule has 0 saturated carbocycles. The average Bonchev–Trinajstić information content (AvgIpc) is 2.19. The fraction of sp³-hybridized carbons (Fsp3) is 0.300. The summed E-state index contributed by atoms with van der Waals surface area (Å²) in [5, 5.41) is 2.49. The molecule has 3 nitrogen and oxygen atoms in total. The van der Waals surface area contributed by atoms with Crippen molar-refractivity contribution in [2.75, 3.05) is 0 Å². The Morgan fingerprint density at radius 2 is 2.06 bits per heavy atom.